The molecule has 1 heterocycles. The molecule has 0 atom stereocenters. The summed E-state index contributed by atoms with van der Waals surface area (Å²) in [7, 11) is 0. The molecule has 3 nitrogen and oxygen atoms in total. The Kier molecular flexibility index (Phi) is 3.54. The zero-order chi connectivity index (χ0) is 17.8. The predicted octanol–water partition coefficient (Wildman–Crippen LogP) is 4.91. The van der Waals surface area contributed by atoms with Gasteiger partial charge in [0.25, 0.3) is 0 Å². The number of carbonyl (C=O) groups is 1. The summed E-state index contributed by atoms with van der Waals surface area (Å²) in [6, 6.07) is 6.37. The number of allylic oxidation sites excluding steroid dienone is 1. The highest BCUT2D eigenvalue weighted by Crippen LogP contribution is 2.40. The number of hydrogen-bond acceptors (Lipinski definition) is 3. The van der Waals surface area contributed by atoms with Crippen molar-refractivity contribution in [3.05, 3.63) is 63.2 Å². The van der Waals surface area contributed by atoms with Crippen LogP contribution in [0.4, 0.5) is 13.2 Å². The highest BCUT2D eigenvalue weighted by atomic mass is 35.5. The second-order valence-corrected chi connectivity index (χ2v) is 6.18. The minimum Gasteiger partial charge on any atom is -0.454 e. The molecule has 0 saturated carbocycles. The van der Waals surface area contributed by atoms with Crippen LogP contribution in [-0.2, 0) is 12.6 Å². The monoisotopic (exact) mass is 366 g/mol. The summed E-state index contributed by atoms with van der Waals surface area (Å²) in [4.78, 5) is 12.6. The van der Waals surface area contributed by atoms with E-state index in [1.807, 2.05) is 0 Å². The molecular formula is C18H10ClF3O3. The minimum absolute atomic E-state index is 0.106. The molecule has 7 heteroatoms. The topological polar surface area (TPSA) is 35.5 Å². The number of ketones is 1. The first-order chi connectivity index (χ1) is 11.8. The number of ether oxygens (including phenoxy) is 2. The smallest absolute Gasteiger partial charge is 0.416 e. The zero-order valence-electron chi connectivity index (χ0n) is 12.6. The van der Waals surface area contributed by atoms with E-state index in [4.69, 9.17) is 21.1 Å². The van der Waals surface area contributed by atoms with Crippen molar-refractivity contribution in [1.29, 1.82) is 0 Å². The Balaban J connectivity index is 1.73. The van der Waals surface area contributed by atoms with Crippen LogP contribution in [0.3, 0.4) is 0 Å². The van der Waals surface area contributed by atoms with Crippen LogP contribution in [0, 0.1) is 0 Å². The van der Waals surface area contributed by atoms with Crippen molar-refractivity contribution >= 4 is 23.5 Å². The maximum Gasteiger partial charge on any atom is 0.416 e. The third-order valence-electron chi connectivity index (χ3n) is 4.17. The molecule has 4 rings (SSSR count). The number of carbonyl (C=O) groups excluding carboxylic acids is 1. The van der Waals surface area contributed by atoms with Gasteiger partial charge in [0.15, 0.2) is 17.3 Å². The van der Waals surface area contributed by atoms with Gasteiger partial charge in [-0.15, -0.1) is 0 Å². The Morgan fingerprint density at radius 1 is 1.08 bits per heavy atom. The van der Waals surface area contributed by atoms with Gasteiger partial charge in [0, 0.05) is 22.6 Å². The van der Waals surface area contributed by atoms with Crippen molar-refractivity contribution in [3.8, 4) is 11.5 Å². The zero-order valence-corrected chi connectivity index (χ0v) is 13.4. The molecule has 0 saturated heterocycles. The molecule has 0 bridgehead atoms. The molecule has 0 aromatic heterocycles. The summed E-state index contributed by atoms with van der Waals surface area (Å²) in [5, 5.41) is 0.151. The number of benzene rings is 2. The normalized spacial score (nSPS) is 17.3. The van der Waals surface area contributed by atoms with Crippen LogP contribution in [0.5, 0.6) is 11.5 Å². The van der Waals surface area contributed by atoms with Gasteiger partial charge in [-0.1, -0.05) is 11.6 Å². The van der Waals surface area contributed by atoms with Crippen LogP contribution in [0.25, 0.3) is 6.08 Å². The van der Waals surface area contributed by atoms with E-state index in [0.717, 1.165) is 17.7 Å². The van der Waals surface area contributed by atoms with E-state index in [0.29, 0.717) is 29.1 Å². The molecule has 2 aromatic carbocycles. The second kappa shape index (κ2) is 5.52. The summed E-state index contributed by atoms with van der Waals surface area (Å²) in [6.07, 6.45) is -2.76. The Labute approximate surface area is 145 Å². The Morgan fingerprint density at radius 3 is 2.52 bits per heavy atom. The fourth-order valence-corrected chi connectivity index (χ4v) is 3.11. The highest BCUT2D eigenvalue weighted by molar-refractivity contribution is 6.32. The second-order valence-electron chi connectivity index (χ2n) is 5.77. The first kappa shape index (κ1) is 16.0. The lowest BCUT2D eigenvalue weighted by Crippen LogP contribution is -2.05. The summed E-state index contributed by atoms with van der Waals surface area (Å²) in [5.74, 6) is 0.803. The van der Waals surface area contributed by atoms with Gasteiger partial charge in [-0.3, -0.25) is 4.79 Å². The van der Waals surface area contributed by atoms with Crippen molar-refractivity contribution in [1.82, 2.24) is 0 Å². The molecule has 2 aliphatic rings. The van der Waals surface area contributed by atoms with Gasteiger partial charge in [-0.25, -0.2) is 0 Å². The fraction of sp³-hybridized carbons (Fsp3) is 0.167. The van der Waals surface area contributed by atoms with Crippen molar-refractivity contribution in [2.45, 2.75) is 12.6 Å². The van der Waals surface area contributed by atoms with Crippen LogP contribution in [-0.4, -0.2) is 12.6 Å². The van der Waals surface area contributed by atoms with Gasteiger partial charge in [0.05, 0.1) is 5.56 Å². The molecule has 0 unspecified atom stereocenters. The molecule has 1 aliphatic carbocycles. The molecule has 0 spiro atoms. The average molecular weight is 367 g/mol. The van der Waals surface area contributed by atoms with E-state index in [9.17, 15) is 18.0 Å². The lowest BCUT2D eigenvalue weighted by atomic mass is 10.0. The lowest BCUT2D eigenvalue weighted by molar-refractivity contribution is -0.137. The fourth-order valence-electron chi connectivity index (χ4n) is 2.94. The van der Waals surface area contributed by atoms with Gasteiger partial charge in [0.2, 0.25) is 6.79 Å². The number of Topliss-reactive ketones (excluding diaryl/α,β-unsaturated/α-hetero) is 1. The third kappa shape index (κ3) is 2.76. The van der Waals surface area contributed by atoms with Gasteiger partial charge < -0.3 is 9.47 Å². The Bertz CT molecular complexity index is 932. The van der Waals surface area contributed by atoms with Crippen molar-refractivity contribution in [3.63, 3.8) is 0 Å². The first-order valence-electron chi connectivity index (χ1n) is 7.37. The summed E-state index contributed by atoms with van der Waals surface area (Å²) >= 11 is 6.00. The Morgan fingerprint density at radius 2 is 1.80 bits per heavy atom. The summed E-state index contributed by atoms with van der Waals surface area (Å²) < 4.78 is 49.2. The molecule has 0 radical (unpaired) electrons. The van der Waals surface area contributed by atoms with Gasteiger partial charge >= 0.3 is 6.18 Å². The number of alkyl halides is 3. The predicted molar refractivity (Wildman–Crippen MR) is 85.0 cm³/mol. The summed E-state index contributed by atoms with van der Waals surface area (Å²) in [5.41, 5.74) is 0.947. The molecule has 128 valence electrons. The standard InChI is InChI=1S/C18H10ClF3O3/c19-14-2-1-12(18(20,21)22)5-10(14)4-11-3-9-6-15-16(25-8-24-15)7-13(9)17(11)23/h1-2,4-7H,3,8H2/b11-4+. The van der Waals surface area contributed by atoms with Crippen LogP contribution < -0.4 is 9.47 Å². The maximum absolute atomic E-state index is 12.9. The van der Waals surface area contributed by atoms with E-state index in [1.54, 1.807) is 12.1 Å². The largest absolute Gasteiger partial charge is 0.454 e. The van der Waals surface area contributed by atoms with Crippen molar-refractivity contribution in [2.24, 2.45) is 0 Å². The number of fused-ring (bicyclic) bond motifs is 2. The van der Waals surface area contributed by atoms with E-state index in [-0.39, 0.29) is 23.2 Å². The van der Waals surface area contributed by atoms with Gasteiger partial charge in [-0.2, -0.15) is 13.2 Å². The molecule has 2 aromatic rings. The number of rotatable bonds is 1. The molecule has 0 amide bonds. The molecular weight excluding hydrogens is 357 g/mol. The SMILES string of the molecule is O=C1/C(=C/c2cc(C(F)(F)F)ccc2Cl)Cc2cc3c(cc21)OCO3. The lowest BCUT2D eigenvalue weighted by Gasteiger charge is -2.08. The van der Waals surface area contributed by atoms with Gasteiger partial charge in [0.1, 0.15) is 0 Å². The van der Waals surface area contributed by atoms with E-state index in [2.05, 4.69) is 0 Å². The van der Waals surface area contributed by atoms with E-state index >= 15 is 0 Å². The van der Waals surface area contributed by atoms with Crippen molar-refractivity contribution < 1.29 is 27.4 Å². The van der Waals surface area contributed by atoms with Crippen LogP contribution in [0.1, 0.15) is 27.0 Å². The van der Waals surface area contributed by atoms with Crippen LogP contribution in [0.15, 0.2) is 35.9 Å². The highest BCUT2D eigenvalue weighted by Gasteiger charge is 2.32. The molecule has 0 N–H and O–H groups in total. The number of halogens is 4. The molecule has 25 heavy (non-hydrogen) atoms. The average Bonchev–Trinajstić information content (AvgIpc) is 3.11. The molecule has 1 aliphatic heterocycles. The van der Waals surface area contributed by atoms with Gasteiger partial charge in [-0.05, 0) is 47.5 Å². The van der Waals surface area contributed by atoms with Crippen LogP contribution in [0.2, 0.25) is 5.02 Å². The van der Waals surface area contributed by atoms with Crippen molar-refractivity contribution in [2.75, 3.05) is 6.79 Å². The Hall–Kier alpha value is -2.47. The van der Waals surface area contributed by atoms with Crippen LogP contribution >= 0.6 is 11.6 Å². The quantitative estimate of drug-likeness (QED) is 0.673. The summed E-state index contributed by atoms with van der Waals surface area (Å²) in [6.45, 7) is 0.106. The minimum atomic E-state index is -4.48. The number of hydrogen-bond donors (Lipinski definition) is 0. The van der Waals surface area contributed by atoms with E-state index in [1.165, 1.54) is 12.1 Å². The third-order valence-corrected chi connectivity index (χ3v) is 4.51. The van der Waals surface area contributed by atoms with E-state index < -0.39 is 11.7 Å². The molecule has 0 fully saturated rings. The maximum atomic E-state index is 12.9. The first-order valence-corrected chi connectivity index (χ1v) is 7.75.